The van der Waals surface area contributed by atoms with Crippen molar-refractivity contribution in [3.63, 3.8) is 0 Å². The van der Waals surface area contributed by atoms with Gasteiger partial charge < -0.3 is 19.5 Å². The van der Waals surface area contributed by atoms with E-state index in [4.69, 9.17) is 4.74 Å². The van der Waals surface area contributed by atoms with E-state index in [-0.39, 0.29) is 11.5 Å². The van der Waals surface area contributed by atoms with Crippen LogP contribution in [0.2, 0.25) is 0 Å². The number of aromatic nitrogens is 1. The summed E-state index contributed by atoms with van der Waals surface area (Å²) in [6.07, 6.45) is 8.63. The first-order valence-electron chi connectivity index (χ1n) is 12.9. The molecular weight excluding hydrogens is 438 g/mol. The highest BCUT2D eigenvalue weighted by Crippen LogP contribution is 2.30. The first-order valence-corrected chi connectivity index (χ1v) is 12.9. The van der Waals surface area contributed by atoms with Crippen LogP contribution < -0.4 is 15.6 Å². The Bertz CT molecular complexity index is 1230. The number of carbonyl (C=O) groups excluding carboxylic acids is 1. The summed E-state index contributed by atoms with van der Waals surface area (Å²) in [6.45, 7) is 3.59. The van der Waals surface area contributed by atoms with Crippen LogP contribution in [0.15, 0.2) is 59.5 Å². The second kappa shape index (κ2) is 10.6. The zero-order valence-electron chi connectivity index (χ0n) is 20.5. The quantitative estimate of drug-likeness (QED) is 0.557. The number of nitrogens with one attached hydrogen (secondary N) is 1. The smallest absolute Gasteiger partial charge is 0.258 e. The van der Waals surface area contributed by atoms with Crippen LogP contribution in [0.4, 0.5) is 0 Å². The summed E-state index contributed by atoms with van der Waals surface area (Å²) in [4.78, 5) is 29.2. The van der Waals surface area contributed by atoms with E-state index in [9.17, 15) is 9.59 Å². The molecule has 0 spiro atoms. The number of amides is 1. The Morgan fingerprint density at radius 1 is 1.00 bits per heavy atom. The maximum Gasteiger partial charge on any atom is 0.258 e. The van der Waals surface area contributed by atoms with Crippen molar-refractivity contribution in [2.45, 2.75) is 51.1 Å². The number of rotatable bonds is 7. The molecule has 1 N–H and O–H groups in total. The molecule has 184 valence electrons. The van der Waals surface area contributed by atoms with Crippen molar-refractivity contribution < 1.29 is 9.53 Å². The lowest BCUT2D eigenvalue weighted by Crippen LogP contribution is -2.51. The second-order valence-electron chi connectivity index (χ2n) is 9.90. The summed E-state index contributed by atoms with van der Waals surface area (Å²) in [6, 6.07) is 15.9. The van der Waals surface area contributed by atoms with Gasteiger partial charge in [0, 0.05) is 36.1 Å². The van der Waals surface area contributed by atoms with Crippen molar-refractivity contribution in [1.82, 2.24) is 14.8 Å². The predicted octanol–water partition coefficient (Wildman–Crippen LogP) is 4.25. The van der Waals surface area contributed by atoms with Crippen molar-refractivity contribution in [1.29, 1.82) is 0 Å². The Kier molecular flexibility index (Phi) is 7.19. The number of methoxy groups -OCH3 is 1. The highest BCUT2D eigenvalue weighted by Gasteiger charge is 2.33. The molecule has 2 fully saturated rings. The van der Waals surface area contributed by atoms with Crippen LogP contribution in [0, 0.1) is 5.92 Å². The summed E-state index contributed by atoms with van der Waals surface area (Å²) >= 11 is 0. The van der Waals surface area contributed by atoms with Gasteiger partial charge in [-0.25, -0.2) is 0 Å². The van der Waals surface area contributed by atoms with Gasteiger partial charge >= 0.3 is 0 Å². The third kappa shape index (κ3) is 5.13. The molecule has 2 aliphatic heterocycles. The van der Waals surface area contributed by atoms with Gasteiger partial charge in [-0.05, 0) is 74.9 Å². The number of fused-ring (bicyclic) bond motifs is 2. The van der Waals surface area contributed by atoms with Crippen molar-refractivity contribution in [2.75, 3.05) is 26.7 Å². The molecule has 2 atom stereocenters. The summed E-state index contributed by atoms with van der Waals surface area (Å²) in [5, 5.41) is 4.54. The molecule has 1 amide bonds. The Morgan fingerprint density at radius 3 is 2.57 bits per heavy atom. The van der Waals surface area contributed by atoms with Crippen molar-refractivity contribution in [3.05, 3.63) is 76.2 Å². The van der Waals surface area contributed by atoms with Gasteiger partial charge in [0.2, 0.25) is 0 Å². The predicted molar refractivity (Wildman–Crippen MR) is 139 cm³/mol. The summed E-state index contributed by atoms with van der Waals surface area (Å²) in [7, 11) is 1.65. The van der Waals surface area contributed by atoms with Crippen LogP contribution in [-0.2, 0) is 13.0 Å². The van der Waals surface area contributed by atoms with Crippen LogP contribution >= 0.6 is 0 Å². The summed E-state index contributed by atoms with van der Waals surface area (Å²) in [5.74, 6) is 1.22. The van der Waals surface area contributed by atoms with E-state index in [1.54, 1.807) is 17.9 Å². The highest BCUT2D eigenvalue weighted by atomic mass is 16.5. The van der Waals surface area contributed by atoms with Crippen LogP contribution in [0.25, 0.3) is 10.8 Å². The molecule has 35 heavy (non-hydrogen) atoms. The minimum atomic E-state index is -0.0904. The van der Waals surface area contributed by atoms with Crippen molar-refractivity contribution in [3.8, 4) is 5.75 Å². The number of benzene rings is 2. The molecule has 0 saturated carbocycles. The molecule has 0 unspecified atom stereocenters. The van der Waals surface area contributed by atoms with Gasteiger partial charge in [-0.2, -0.15) is 0 Å². The lowest BCUT2D eigenvalue weighted by molar-refractivity contribution is 0.0576. The molecule has 2 saturated heterocycles. The van der Waals surface area contributed by atoms with Gasteiger partial charge in [-0.1, -0.05) is 36.8 Å². The standard InChI is InChI=1S/C29H35N3O3/c1-35-23-13-11-21(12-14-23)15-18-32-20-26(24-8-2-3-9-25(24)29(32)34)28(33)30-19-22-7-6-17-31-16-5-4-10-27(22)31/h2-3,8-9,11-14,20,22,27H,4-7,10,15-19H2,1H3,(H,30,33)/t22-,27-/m1/s1. The number of piperidine rings is 2. The van der Waals surface area contributed by atoms with E-state index in [1.165, 1.54) is 45.2 Å². The van der Waals surface area contributed by atoms with E-state index in [0.29, 0.717) is 42.4 Å². The van der Waals surface area contributed by atoms with Crippen molar-refractivity contribution >= 4 is 16.7 Å². The molecule has 2 aromatic carbocycles. The van der Waals surface area contributed by atoms with E-state index in [0.717, 1.165) is 16.7 Å². The number of carbonyl (C=O) groups is 1. The molecule has 0 bridgehead atoms. The first-order chi connectivity index (χ1) is 17.1. The Hall–Kier alpha value is -3.12. The molecule has 6 nitrogen and oxygen atoms in total. The second-order valence-corrected chi connectivity index (χ2v) is 9.90. The molecule has 5 rings (SSSR count). The van der Waals surface area contributed by atoms with Gasteiger partial charge in [0.15, 0.2) is 0 Å². The zero-order valence-corrected chi connectivity index (χ0v) is 20.5. The Labute approximate surface area is 206 Å². The number of nitrogens with zero attached hydrogens (tertiary/aromatic N) is 2. The fourth-order valence-electron chi connectivity index (χ4n) is 5.87. The fourth-order valence-corrected chi connectivity index (χ4v) is 5.87. The molecular formula is C29H35N3O3. The number of pyridine rings is 1. The number of aryl methyl sites for hydroxylation is 2. The van der Waals surface area contributed by atoms with Gasteiger partial charge in [-0.15, -0.1) is 0 Å². The normalized spacial score (nSPS) is 20.4. The van der Waals surface area contributed by atoms with E-state index < -0.39 is 0 Å². The Morgan fingerprint density at radius 2 is 1.77 bits per heavy atom. The maximum atomic E-state index is 13.4. The lowest BCUT2D eigenvalue weighted by atomic mass is 9.83. The van der Waals surface area contributed by atoms with Gasteiger partial charge in [0.05, 0.1) is 12.7 Å². The average Bonchev–Trinajstić information content (AvgIpc) is 2.91. The molecule has 3 heterocycles. The first kappa shape index (κ1) is 23.6. The van der Waals surface area contributed by atoms with Gasteiger partial charge in [0.25, 0.3) is 11.5 Å². The van der Waals surface area contributed by atoms with E-state index >= 15 is 0 Å². The van der Waals surface area contributed by atoms with Crippen LogP contribution in [0.3, 0.4) is 0 Å². The number of hydrogen-bond donors (Lipinski definition) is 1. The van der Waals surface area contributed by atoms with Gasteiger partial charge in [-0.3, -0.25) is 9.59 Å². The van der Waals surface area contributed by atoms with Gasteiger partial charge in [0.1, 0.15) is 5.75 Å². The minimum Gasteiger partial charge on any atom is -0.497 e. The fraction of sp³-hybridized carbons (Fsp3) is 0.448. The topological polar surface area (TPSA) is 63.6 Å². The van der Waals surface area contributed by atoms with Crippen LogP contribution in [-0.4, -0.2) is 48.2 Å². The van der Waals surface area contributed by atoms with Crippen LogP contribution in [0.5, 0.6) is 5.75 Å². The third-order valence-electron chi connectivity index (χ3n) is 7.79. The highest BCUT2D eigenvalue weighted by molar-refractivity contribution is 6.06. The molecule has 0 radical (unpaired) electrons. The molecule has 3 aromatic rings. The zero-order chi connectivity index (χ0) is 24.2. The summed E-state index contributed by atoms with van der Waals surface area (Å²) in [5.41, 5.74) is 1.63. The largest absolute Gasteiger partial charge is 0.497 e. The molecule has 2 aliphatic rings. The maximum absolute atomic E-state index is 13.4. The molecule has 6 heteroatoms. The number of ether oxygens (including phenoxy) is 1. The van der Waals surface area contributed by atoms with E-state index in [2.05, 4.69) is 10.2 Å². The van der Waals surface area contributed by atoms with E-state index in [1.807, 2.05) is 48.5 Å². The monoisotopic (exact) mass is 473 g/mol. The van der Waals surface area contributed by atoms with Crippen molar-refractivity contribution in [2.24, 2.45) is 5.92 Å². The number of hydrogen-bond acceptors (Lipinski definition) is 4. The SMILES string of the molecule is COc1ccc(CCn2cc(C(=O)NC[C@H]3CCCN4CCCC[C@H]34)c3ccccc3c2=O)cc1. The molecule has 0 aliphatic carbocycles. The van der Waals surface area contributed by atoms with Crippen LogP contribution in [0.1, 0.15) is 48.0 Å². The Balaban J connectivity index is 1.35. The minimum absolute atomic E-state index is 0.0595. The average molecular weight is 474 g/mol. The molecule has 1 aromatic heterocycles. The summed E-state index contributed by atoms with van der Waals surface area (Å²) < 4.78 is 6.92. The lowest BCUT2D eigenvalue weighted by Gasteiger charge is -2.44. The third-order valence-corrected chi connectivity index (χ3v) is 7.79.